The summed E-state index contributed by atoms with van der Waals surface area (Å²) in [5.41, 5.74) is -1.12. The summed E-state index contributed by atoms with van der Waals surface area (Å²) in [5, 5.41) is 16.6. The number of benzene rings is 2. The van der Waals surface area contributed by atoms with Crippen LogP contribution in [0.4, 0.5) is 4.39 Å². The van der Waals surface area contributed by atoms with Gasteiger partial charge in [0.25, 0.3) is 0 Å². The van der Waals surface area contributed by atoms with Gasteiger partial charge in [0.05, 0.1) is 38.6 Å². The number of allylic oxidation sites excluding steroid dienone is 2. The van der Waals surface area contributed by atoms with Gasteiger partial charge in [-0.15, -0.1) is 0 Å². The van der Waals surface area contributed by atoms with E-state index in [0.29, 0.717) is 38.8 Å². The van der Waals surface area contributed by atoms with E-state index in [1.54, 1.807) is 67.7 Å². The quantitative estimate of drug-likeness (QED) is 0.553. The van der Waals surface area contributed by atoms with Crippen LogP contribution in [0.5, 0.6) is 0 Å². The van der Waals surface area contributed by atoms with Crippen molar-refractivity contribution in [1.82, 2.24) is 10.2 Å². The second-order valence-electron chi connectivity index (χ2n) is 10.0. The van der Waals surface area contributed by atoms with Crippen molar-refractivity contribution in [3.05, 3.63) is 106 Å². The van der Waals surface area contributed by atoms with Gasteiger partial charge in [0.2, 0.25) is 5.91 Å². The molecule has 3 aliphatic rings. The van der Waals surface area contributed by atoms with Gasteiger partial charge in [0, 0.05) is 22.6 Å². The van der Waals surface area contributed by atoms with Crippen molar-refractivity contribution in [2.75, 3.05) is 34.9 Å². The van der Waals surface area contributed by atoms with Gasteiger partial charge in [-0.1, -0.05) is 35.9 Å². The van der Waals surface area contributed by atoms with Gasteiger partial charge >= 0.3 is 0 Å². The minimum absolute atomic E-state index is 0.118. The molecular formula is C29H30ClFN2O5. The van der Waals surface area contributed by atoms with E-state index in [1.807, 2.05) is 0 Å². The number of aliphatic hydroxyl groups is 1. The summed E-state index contributed by atoms with van der Waals surface area (Å²) in [4.78, 5) is 14.8. The Kier molecular flexibility index (Phi) is 6.75. The lowest BCUT2D eigenvalue weighted by Crippen LogP contribution is -2.63. The standard InChI is InChI=1S/C29H30ClFN2O5/c1-33(2)15-26(34)32-25-13-22(17-6-5-7-20(31)12-17)29(18-8-10-19(30)11-9-18)28(25,35)27-21(16-38-29)23(36-3)14-24(27)37-4/h5-12,14,16,22,25,35H,13,15H2,1-4H3,(H,32,34). The number of carbonyl (C=O) groups excluding carboxylic acids is 1. The number of hydrogen-bond acceptors (Lipinski definition) is 6. The van der Waals surface area contributed by atoms with Crippen LogP contribution in [0.2, 0.25) is 5.02 Å². The van der Waals surface area contributed by atoms with Gasteiger partial charge in [-0.2, -0.15) is 0 Å². The fourth-order valence-corrected chi connectivity index (χ4v) is 6.24. The molecule has 4 atom stereocenters. The Morgan fingerprint density at radius 1 is 1.21 bits per heavy atom. The predicted molar refractivity (Wildman–Crippen MR) is 141 cm³/mol. The van der Waals surface area contributed by atoms with Gasteiger partial charge in [-0.3, -0.25) is 4.79 Å². The van der Waals surface area contributed by atoms with Crippen LogP contribution in [0.1, 0.15) is 23.5 Å². The van der Waals surface area contributed by atoms with Crippen molar-refractivity contribution >= 4 is 17.5 Å². The van der Waals surface area contributed by atoms with E-state index in [9.17, 15) is 14.3 Å². The summed E-state index contributed by atoms with van der Waals surface area (Å²) in [6, 6.07) is 12.4. The van der Waals surface area contributed by atoms with E-state index in [0.717, 1.165) is 0 Å². The summed E-state index contributed by atoms with van der Waals surface area (Å²) in [6.45, 7) is 0.118. The lowest BCUT2D eigenvalue weighted by Gasteiger charge is -2.50. The molecule has 0 radical (unpaired) electrons. The summed E-state index contributed by atoms with van der Waals surface area (Å²) in [7, 11) is 6.61. The number of ether oxygens (including phenoxy) is 3. The second-order valence-corrected chi connectivity index (χ2v) is 10.5. The zero-order chi connectivity index (χ0) is 27.2. The Bertz CT molecular complexity index is 1350. The maximum atomic E-state index is 14.5. The van der Waals surface area contributed by atoms with Crippen LogP contribution >= 0.6 is 11.6 Å². The number of halogens is 2. The van der Waals surface area contributed by atoms with Crippen molar-refractivity contribution in [2.24, 2.45) is 0 Å². The monoisotopic (exact) mass is 540 g/mol. The molecule has 0 spiro atoms. The van der Waals surface area contributed by atoms with E-state index < -0.39 is 29.0 Å². The minimum Gasteiger partial charge on any atom is -0.496 e. The van der Waals surface area contributed by atoms with E-state index in [2.05, 4.69) is 5.32 Å². The number of amides is 1. The molecule has 1 aliphatic heterocycles. The normalized spacial score (nSPS) is 27.8. The molecule has 2 aromatic carbocycles. The number of rotatable bonds is 7. The van der Waals surface area contributed by atoms with Gasteiger partial charge in [-0.05, 0) is 55.9 Å². The van der Waals surface area contributed by atoms with Crippen LogP contribution in [0, 0.1) is 5.82 Å². The molecule has 0 aromatic heterocycles. The molecule has 2 N–H and O–H groups in total. The van der Waals surface area contributed by atoms with Gasteiger partial charge in [-0.25, -0.2) is 4.39 Å². The van der Waals surface area contributed by atoms with Crippen molar-refractivity contribution in [3.8, 4) is 0 Å². The van der Waals surface area contributed by atoms with Crippen LogP contribution in [0.3, 0.4) is 0 Å². The number of nitrogens with one attached hydrogen (secondary N) is 1. The fraction of sp³-hybridized carbons (Fsp3) is 0.345. The topological polar surface area (TPSA) is 80.3 Å². The molecule has 2 aromatic rings. The van der Waals surface area contributed by atoms with Crippen molar-refractivity contribution in [3.63, 3.8) is 0 Å². The average Bonchev–Trinajstić information content (AvgIpc) is 3.38. The van der Waals surface area contributed by atoms with E-state index in [-0.39, 0.29) is 18.9 Å². The summed E-state index contributed by atoms with van der Waals surface area (Å²) in [6.07, 6.45) is 3.50. The number of fused-ring (bicyclic) bond motifs is 3. The minimum atomic E-state index is -1.84. The molecule has 1 saturated carbocycles. The maximum Gasteiger partial charge on any atom is 0.234 e. The van der Waals surface area contributed by atoms with Gasteiger partial charge in [0.1, 0.15) is 17.3 Å². The third kappa shape index (κ3) is 3.90. The molecule has 5 rings (SSSR count). The highest BCUT2D eigenvalue weighted by atomic mass is 35.5. The van der Waals surface area contributed by atoms with Crippen LogP contribution < -0.4 is 5.32 Å². The van der Waals surface area contributed by atoms with E-state index in [1.165, 1.54) is 26.4 Å². The predicted octanol–water partition coefficient (Wildman–Crippen LogP) is 4.00. The average molecular weight is 541 g/mol. The Morgan fingerprint density at radius 2 is 1.95 bits per heavy atom. The lowest BCUT2D eigenvalue weighted by molar-refractivity contribution is -0.150. The number of carbonyl (C=O) groups is 1. The number of hydrogen-bond donors (Lipinski definition) is 2. The van der Waals surface area contributed by atoms with Crippen molar-refractivity contribution in [2.45, 2.75) is 29.6 Å². The van der Waals surface area contributed by atoms with E-state index in [4.69, 9.17) is 25.8 Å². The van der Waals surface area contributed by atoms with Crippen molar-refractivity contribution < 1.29 is 28.5 Å². The number of nitrogens with zero attached hydrogens (tertiary/aromatic N) is 1. The SMILES string of the molecule is COC1=CC(OC)=C2C1=COC1(c3ccc(Cl)cc3)C(c3cccc(F)c3)CC(NC(=O)CN(C)C)C21O. The molecule has 1 heterocycles. The smallest absolute Gasteiger partial charge is 0.234 e. The highest BCUT2D eigenvalue weighted by Crippen LogP contribution is 2.64. The zero-order valence-corrected chi connectivity index (χ0v) is 22.4. The first-order chi connectivity index (χ1) is 18.1. The maximum absolute atomic E-state index is 14.5. The van der Waals surface area contributed by atoms with Crippen LogP contribution in [0.15, 0.2) is 83.5 Å². The molecule has 1 fully saturated rings. The van der Waals surface area contributed by atoms with Crippen LogP contribution in [-0.2, 0) is 24.6 Å². The molecule has 7 nitrogen and oxygen atoms in total. The van der Waals surface area contributed by atoms with Crippen molar-refractivity contribution in [1.29, 1.82) is 0 Å². The fourth-order valence-electron chi connectivity index (χ4n) is 6.12. The molecule has 2 aliphatic carbocycles. The van der Waals surface area contributed by atoms with Gasteiger partial charge in [0.15, 0.2) is 11.2 Å². The molecule has 200 valence electrons. The summed E-state index contributed by atoms with van der Waals surface area (Å²) >= 11 is 6.24. The largest absolute Gasteiger partial charge is 0.496 e. The first kappa shape index (κ1) is 26.3. The molecule has 38 heavy (non-hydrogen) atoms. The molecule has 0 bridgehead atoms. The lowest BCUT2D eigenvalue weighted by atomic mass is 9.67. The molecule has 9 heteroatoms. The van der Waals surface area contributed by atoms with Crippen LogP contribution in [-0.4, -0.2) is 62.4 Å². The zero-order valence-electron chi connectivity index (χ0n) is 21.6. The Balaban J connectivity index is 1.79. The van der Waals surface area contributed by atoms with E-state index >= 15 is 0 Å². The Hall–Kier alpha value is -3.33. The summed E-state index contributed by atoms with van der Waals surface area (Å²) in [5.74, 6) is -0.395. The highest BCUT2D eigenvalue weighted by Gasteiger charge is 2.72. The molecular weight excluding hydrogens is 511 g/mol. The third-order valence-corrected chi connectivity index (χ3v) is 7.83. The molecule has 4 unspecified atom stereocenters. The summed E-state index contributed by atoms with van der Waals surface area (Å²) < 4.78 is 32.4. The van der Waals surface area contributed by atoms with Crippen LogP contribution in [0.25, 0.3) is 0 Å². The first-order valence-electron chi connectivity index (χ1n) is 12.3. The Morgan fingerprint density at radius 3 is 2.58 bits per heavy atom. The highest BCUT2D eigenvalue weighted by molar-refractivity contribution is 6.30. The molecule has 1 amide bonds. The first-order valence-corrected chi connectivity index (χ1v) is 12.6. The van der Waals surface area contributed by atoms with Gasteiger partial charge < -0.3 is 29.5 Å². The molecule has 0 saturated heterocycles. The number of likely N-dealkylation sites (N-methyl/N-ethyl adjacent to an activating group) is 1. The number of methoxy groups -OCH3 is 2. The second kappa shape index (κ2) is 9.76. The Labute approximate surface area is 226 Å². The third-order valence-electron chi connectivity index (χ3n) is 7.58.